The zero-order valence-electron chi connectivity index (χ0n) is 9.54. The Morgan fingerprint density at radius 2 is 2.40 bits per heavy atom. The van der Waals surface area contributed by atoms with Gasteiger partial charge in [0.15, 0.2) is 0 Å². The van der Waals surface area contributed by atoms with Crippen molar-refractivity contribution in [3.8, 4) is 0 Å². The number of nitrogens with zero attached hydrogens (tertiary/aromatic N) is 1. The summed E-state index contributed by atoms with van der Waals surface area (Å²) in [5.74, 6) is 0.563. The van der Waals surface area contributed by atoms with Crippen molar-refractivity contribution < 1.29 is 9.53 Å². The van der Waals surface area contributed by atoms with E-state index in [0.717, 1.165) is 32.5 Å². The lowest BCUT2D eigenvalue weighted by atomic mass is 9.98. The van der Waals surface area contributed by atoms with Crippen LogP contribution in [-0.2, 0) is 9.53 Å². The Balaban J connectivity index is 2.44. The number of alkyl halides is 1. The molecule has 2 unspecified atom stereocenters. The lowest BCUT2D eigenvalue weighted by Gasteiger charge is -2.33. The third-order valence-corrected chi connectivity index (χ3v) is 3.35. The molecule has 0 aromatic carbocycles. The molecule has 0 saturated carbocycles. The lowest BCUT2D eigenvalue weighted by molar-refractivity contribution is -0.133. The Kier molecular flexibility index (Phi) is 5.40. The third-order valence-electron chi connectivity index (χ3n) is 2.86. The topological polar surface area (TPSA) is 29.5 Å². The second-order valence-electron chi connectivity index (χ2n) is 4.12. The molecule has 1 aliphatic heterocycles. The summed E-state index contributed by atoms with van der Waals surface area (Å²) in [7, 11) is 1.71. The van der Waals surface area contributed by atoms with Gasteiger partial charge in [-0.1, -0.05) is 6.92 Å². The van der Waals surface area contributed by atoms with Crippen molar-refractivity contribution in [2.24, 2.45) is 5.92 Å². The number of hydrogen-bond acceptors (Lipinski definition) is 2. The molecule has 1 fully saturated rings. The maximum absolute atomic E-state index is 11.8. The third kappa shape index (κ3) is 3.65. The summed E-state index contributed by atoms with van der Waals surface area (Å²) < 4.78 is 5.13. The van der Waals surface area contributed by atoms with Crippen LogP contribution in [0.25, 0.3) is 0 Å². The van der Waals surface area contributed by atoms with Crippen LogP contribution in [0.3, 0.4) is 0 Å². The number of methoxy groups -OCH3 is 1. The molecule has 2 atom stereocenters. The van der Waals surface area contributed by atoms with Gasteiger partial charge < -0.3 is 9.64 Å². The monoisotopic (exact) mass is 233 g/mol. The average molecular weight is 234 g/mol. The fraction of sp³-hybridized carbons (Fsp3) is 0.909. The molecule has 88 valence electrons. The van der Waals surface area contributed by atoms with Crippen LogP contribution in [0.15, 0.2) is 0 Å². The second kappa shape index (κ2) is 6.33. The highest BCUT2D eigenvalue weighted by Crippen LogP contribution is 2.19. The van der Waals surface area contributed by atoms with Gasteiger partial charge in [0.25, 0.3) is 0 Å². The highest BCUT2D eigenvalue weighted by atomic mass is 35.5. The van der Waals surface area contributed by atoms with E-state index in [4.69, 9.17) is 16.3 Å². The number of piperidine rings is 1. The van der Waals surface area contributed by atoms with Gasteiger partial charge in [0.1, 0.15) is 5.38 Å². The SMILES string of the molecule is CCC(Cl)C(=O)N1CCCC(COC)C1. The molecule has 0 aromatic heterocycles. The summed E-state index contributed by atoms with van der Waals surface area (Å²) >= 11 is 5.95. The van der Waals surface area contributed by atoms with Gasteiger partial charge in [-0.3, -0.25) is 4.79 Å². The van der Waals surface area contributed by atoms with Gasteiger partial charge in [-0.25, -0.2) is 0 Å². The largest absolute Gasteiger partial charge is 0.384 e. The molecular weight excluding hydrogens is 214 g/mol. The van der Waals surface area contributed by atoms with Crippen LogP contribution >= 0.6 is 11.6 Å². The molecule has 1 amide bonds. The van der Waals surface area contributed by atoms with Gasteiger partial charge in [0.05, 0.1) is 6.61 Å². The van der Waals surface area contributed by atoms with E-state index in [1.165, 1.54) is 0 Å². The zero-order chi connectivity index (χ0) is 11.3. The number of rotatable bonds is 4. The van der Waals surface area contributed by atoms with Crippen LogP contribution in [0.1, 0.15) is 26.2 Å². The number of halogens is 1. The molecule has 1 aliphatic rings. The summed E-state index contributed by atoms with van der Waals surface area (Å²) in [6.45, 7) is 4.33. The second-order valence-corrected chi connectivity index (χ2v) is 4.65. The summed E-state index contributed by atoms with van der Waals surface area (Å²) in [5.41, 5.74) is 0. The number of amides is 1. The number of ether oxygens (including phenoxy) is 1. The van der Waals surface area contributed by atoms with Crippen LogP contribution in [0.5, 0.6) is 0 Å². The van der Waals surface area contributed by atoms with Crippen LogP contribution in [0, 0.1) is 5.92 Å². The predicted octanol–water partition coefficient (Wildman–Crippen LogP) is 1.89. The van der Waals surface area contributed by atoms with Crippen LogP contribution in [0.2, 0.25) is 0 Å². The molecule has 3 nitrogen and oxygen atoms in total. The first kappa shape index (κ1) is 12.8. The van der Waals surface area contributed by atoms with Crippen molar-refractivity contribution in [3.05, 3.63) is 0 Å². The Morgan fingerprint density at radius 1 is 1.67 bits per heavy atom. The van der Waals surface area contributed by atoms with Crippen molar-refractivity contribution in [2.75, 3.05) is 26.8 Å². The van der Waals surface area contributed by atoms with Gasteiger partial charge in [-0.05, 0) is 25.2 Å². The molecule has 0 N–H and O–H groups in total. The van der Waals surface area contributed by atoms with Crippen molar-refractivity contribution in [3.63, 3.8) is 0 Å². The van der Waals surface area contributed by atoms with Gasteiger partial charge >= 0.3 is 0 Å². The van der Waals surface area contributed by atoms with Crippen molar-refractivity contribution in [1.29, 1.82) is 0 Å². The average Bonchev–Trinajstić information content (AvgIpc) is 2.28. The highest BCUT2D eigenvalue weighted by Gasteiger charge is 2.26. The van der Waals surface area contributed by atoms with Gasteiger partial charge in [0.2, 0.25) is 5.91 Å². The van der Waals surface area contributed by atoms with Crippen LogP contribution in [-0.4, -0.2) is 43.0 Å². The van der Waals surface area contributed by atoms with Gasteiger partial charge in [-0.2, -0.15) is 0 Å². The number of likely N-dealkylation sites (tertiary alicyclic amines) is 1. The fourth-order valence-corrected chi connectivity index (χ4v) is 2.15. The summed E-state index contributed by atoms with van der Waals surface area (Å²) in [5, 5.41) is -0.355. The van der Waals surface area contributed by atoms with E-state index < -0.39 is 0 Å². The summed E-state index contributed by atoms with van der Waals surface area (Å²) in [6.07, 6.45) is 2.91. The zero-order valence-corrected chi connectivity index (χ0v) is 10.3. The quantitative estimate of drug-likeness (QED) is 0.694. The molecule has 0 aromatic rings. The standard InChI is InChI=1S/C11H20ClNO2/c1-3-10(12)11(14)13-6-4-5-9(7-13)8-15-2/h9-10H,3-8H2,1-2H3. The summed E-state index contributed by atoms with van der Waals surface area (Å²) in [4.78, 5) is 13.7. The van der Waals surface area contributed by atoms with E-state index in [0.29, 0.717) is 12.3 Å². The van der Waals surface area contributed by atoms with Gasteiger partial charge in [0, 0.05) is 20.2 Å². The number of carbonyl (C=O) groups is 1. The smallest absolute Gasteiger partial charge is 0.240 e. The Hall–Kier alpha value is -0.280. The van der Waals surface area contributed by atoms with Crippen LogP contribution in [0.4, 0.5) is 0 Å². The first-order valence-electron chi connectivity index (χ1n) is 5.60. The van der Waals surface area contributed by atoms with E-state index in [-0.39, 0.29) is 11.3 Å². The highest BCUT2D eigenvalue weighted by molar-refractivity contribution is 6.30. The molecule has 0 spiro atoms. The minimum absolute atomic E-state index is 0.0833. The maximum Gasteiger partial charge on any atom is 0.240 e. The molecule has 1 heterocycles. The maximum atomic E-state index is 11.8. The Bertz CT molecular complexity index is 209. The first-order chi connectivity index (χ1) is 7.19. The first-order valence-corrected chi connectivity index (χ1v) is 6.04. The number of hydrogen-bond donors (Lipinski definition) is 0. The Morgan fingerprint density at radius 3 is 3.00 bits per heavy atom. The molecule has 15 heavy (non-hydrogen) atoms. The molecule has 0 aliphatic carbocycles. The van der Waals surface area contributed by atoms with Gasteiger partial charge in [-0.15, -0.1) is 11.6 Å². The molecule has 1 rings (SSSR count). The lowest BCUT2D eigenvalue weighted by Crippen LogP contribution is -2.44. The molecule has 0 radical (unpaired) electrons. The van der Waals surface area contributed by atoms with E-state index in [1.807, 2.05) is 11.8 Å². The molecule has 4 heteroatoms. The normalized spacial score (nSPS) is 23.9. The molecular formula is C11H20ClNO2. The minimum atomic E-state index is -0.355. The van der Waals surface area contributed by atoms with Crippen molar-refractivity contribution >= 4 is 17.5 Å². The van der Waals surface area contributed by atoms with E-state index >= 15 is 0 Å². The van der Waals surface area contributed by atoms with Crippen molar-refractivity contribution in [1.82, 2.24) is 4.90 Å². The minimum Gasteiger partial charge on any atom is -0.384 e. The summed E-state index contributed by atoms with van der Waals surface area (Å²) in [6, 6.07) is 0. The van der Waals surface area contributed by atoms with E-state index in [1.54, 1.807) is 7.11 Å². The van der Waals surface area contributed by atoms with E-state index in [9.17, 15) is 4.79 Å². The fourth-order valence-electron chi connectivity index (χ4n) is 2.01. The van der Waals surface area contributed by atoms with Crippen LogP contribution < -0.4 is 0 Å². The predicted molar refractivity (Wildman–Crippen MR) is 61.1 cm³/mol. The molecule has 1 saturated heterocycles. The van der Waals surface area contributed by atoms with E-state index in [2.05, 4.69) is 0 Å². The van der Waals surface area contributed by atoms with Crippen molar-refractivity contribution in [2.45, 2.75) is 31.6 Å². The number of carbonyl (C=O) groups excluding carboxylic acids is 1. The molecule has 0 bridgehead atoms. The Labute approximate surface area is 96.7 Å².